The number of aryl methyl sites for hydroxylation is 3. The second kappa shape index (κ2) is 8.24. The van der Waals surface area contributed by atoms with Crippen LogP contribution in [0.25, 0.3) is 10.2 Å². The number of rotatable bonds is 3. The summed E-state index contributed by atoms with van der Waals surface area (Å²) >= 11 is 2.59. The molecule has 0 unspecified atom stereocenters. The fourth-order valence-corrected chi connectivity index (χ4v) is 5.77. The Hall–Kier alpha value is -3.30. The quantitative estimate of drug-likeness (QED) is 0.414. The van der Waals surface area contributed by atoms with Crippen molar-refractivity contribution in [3.05, 3.63) is 85.8 Å². The molecule has 0 fully saturated rings. The maximum Gasteiger partial charge on any atom is 0.283 e. The predicted octanol–water partition coefficient (Wildman–Crippen LogP) is 5.13. The number of anilines is 1. The van der Waals surface area contributed by atoms with Gasteiger partial charge >= 0.3 is 0 Å². The van der Waals surface area contributed by atoms with Crippen LogP contribution < -0.4 is 10.9 Å². The molecule has 5 rings (SSSR count). The van der Waals surface area contributed by atoms with Crippen molar-refractivity contribution in [3.8, 4) is 0 Å². The summed E-state index contributed by atoms with van der Waals surface area (Å²) in [6.07, 6.45) is 0. The normalized spacial score (nSPS) is 13.0. The first-order chi connectivity index (χ1) is 15.8. The van der Waals surface area contributed by atoms with Crippen LogP contribution >= 0.6 is 23.1 Å². The second-order valence-electron chi connectivity index (χ2n) is 7.86. The molecule has 33 heavy (non-hydrogen) atoms. The summed E-state index contributed by atoms with van der Waals surface area (Å²) in [6.45, 7) is 5.69. The largest absolute Gasteiger partial charge is 0.321 e. The molecule has 6 nitrogen and oxygen atoms in total. The van der Waals surface area contributed by atoms with Crippen LogP contribution in [-0.4, -0.2) is 27.0 Å². The number of hydrogen-bond donors (Lipinski definition) is 1. The van der Waals surface area contributed by atoms with E-state index in [1.165, 1.54) is 39.9 Å². The number of aromatic nitrogens is 2. The average molecular weight is 479 g/mol. The molecule has 1 aliphatic rings. The standard InChI is InChI=1S/C24H19FN4O2S2/c1-12-4-9-17(13(2)10-12)26-21(30)20-14(3)19-22(33-20)27-24-29(23(19)31)28-18(11-32-24)15-5-7-16(25)8-6-15/h4-10H,11H2,1-3H3,(H,26,30). The first-order valence-electron chi connectivity index (χ1n) is 10.2. The maximum absolute atomic E-state index is 13.3. The van der Waals surface area contributed by atoms with E-state index in [1.54, 1.807) is 19.1 Å². The Morgan fingerprint density at radius 1 is 1.12 bits per heavy atom. The van der Waals surface area contributed by atoms with Crippen LogP contribution in [0.3, 0.4) is 0 Å². The summed E-state index contributed by atoms with van der Waals surface area (Å²) in [7, 11) is 0. The van der Waals surface area contributed by atoms with E-state index in [0.717, 1.165) is 22.4 Å². The van der Waals surface area contributed by atoms with Crippen molar-refractivity contribution < 1.29 is 9.18 Å². The smallest absolute Gasteiger partial charge is 0.283 e. The number of benzene rings is 2. The predicted molar refractivity (Wildman–Crippen MR) is 132 cm³/mol. The van der Waals surface area contributed by atoms with Gasteiger partial charge < -0.3 is 5.32 Å². The van der Waals surface area contributed by atoms with Gasteiger partial charge in [0.25, 0.3) is 11.5 Å². The lowest BCUT2D eigenvalue weighted by atomic mass is 10.1. The third-order valence-electron chi connectivity index (χ3n) is 5.49. The molecule has 0 spiro atoms. The van der Waals surface area contributed by atoms with Gasteiger partial charge in [0, 0.05) is 11.4 Å². The highest BCUT2D eigenvalue weighted by Crippen LogP contribution is 2.31. The Bertz CT molecular complexity index is 1520. The lowest BCUT2D eigenvalue weighted by molar-refractivity contribution is 0.103. The molecule has 0 aliphatic carbocycles. The van der Waals surface area contributed by atoms with Crippen molar-refractivity contribution in [1.29, 1.82) is 0 Å². The number of nitrogens with zero attached hydrogens (tertiary/aromatic N) is 3. The van der Waals surface area contributed by atoms with E-state index >= 15 is 0 Å². The van der Waals surface area contributed by atoms with Gasteiger partial charge in [-0.3, -0.25) is 9.59 Å². The summed E-state index contributed by atoms with van der Waals surface area (Å²) in [4.78, 5) is 31.9. The second-order valence-corrected chi connectivity index (χ2v) is 9.80. The molecule has 2 aromatic heterocycles. The topological polar surface area (TPSA) is 76.3 Å². The molecule has 166 valence electrons. The number of carbonyl (C=O) groups is 1. The molecule has 0 bridgehead atoms. The van der Waals surface area contributed by atoms with Crippen LogP contribution in [-0.2, 0) is 0 Å². The zero-order valence-electron chi connectivity index (χ0n) is 18.1. The Balaban J connectivity index is 1.55. The number of amides is 1. The van der Waals surface area contributed by atoms with E-state index in [9.17, 15) is 14.0 Å². The Labute approximate surface area is 197 Å². The first kappa shape index (κ1) is 21.5. The molecule has 3 heterocycles. The number of halogens is 1. The summed E-state index contributed by atoms with van der Waals surface area (Å²) in [5, 5.41) is 8.31. The van der Waals surface area contributed by atoms with Gasteiger partial charge in [-0.2, -0.15) is 9.78 Å². The van der Waals surface area contributed by atoms with E-state index in [0.29, 0.717) is 37.3 Å². The van der Waals surface area contributed by atoms with Gasteiger partial charge in [0.05, 0.1) is 16.0 Å². The fourth-order valence-electron chi connectivity index (χ4n) is 3.75. The number of hydrogen-bond acceptors (Lipinski definition) is 6. The van der Waals surface area contributed by atoms with Crippen molar-refractivity contribution in [3.63, 3.8) is 0 Å². The molecule has 0 saturated carbocycles. The molecule has 1 amide bonds. The van der Waals surface area contributed by atoms with Crippen molar-refractivity contribution in [2.45, 2.75) is 25.9 Å². The zero-order chi connectivity index (χ0) is 23.3. The summed E-state index contributed by atoms with van der Waals surface area (Å²) in [5.41, 5.74) is 4.49. The fraction of sp³-hybridized carbons (Fsp3) is 0.167. The Morgan fingerprint density at radius 3 is 2.61 bits per heavy atom. The van der Waals surface area contributed by atoms with Crippen molar-refractivity contribution in [2.75, 3.05) is 11.1 Å². The average Bonchev–Trinajstić information content (AvgIpc) is 3.12. The molecule has 4 aromatic rings. The maximum atomic E-state index is 13.3. The van der Waals surface area contributed by atoms with Crippen molar-refractivity contribution in [1.82, 2.24) is 9.66 Å². The summed E-state index contributed by atoms with van der Waals surface area (Å²) in [5.74, 6) is -0.0918. The van der Waals surface area contributed by atoms with Crippen molar-refractivity contribution >= 4 is 50.6 Å². The third kappa shape index (κ3) is 3.87. The zero-order valence-corrected chi connectivity index (χ0v) is 19.7. The molecule has 2 aromatic carbocycles. The number of thioether (sulfide) groups is 1. The number of fused-ring (bicyclic) bond motifs is 2. The van der Waals surface area contributed by atoms with E-state index in [4.69, 9.17) is 0 Å². The van der Waals surface area contributed by atoms with Crippen LogP contribution in [0, 0.1) is 26.6 Å². The van der Waals surface area contributed by atoms with Gasteiger partial charge in [0.1, 0.15) is 10.6 Å². The van der Waals surface area contributed by atoms with Gasteiger partial charge in [-0.25, -0.2) is 9.37 Å². The summed E-state index contributed by atoms with van der Waals surface area (Å²) < 4.78 is 14.6. The number of nitrogens with one attached hydrogen (secondary N) is 1. The van der Waals surface area contributed by atoms with E-state index in [-0.39, 0.29) is 17.3 Å². The van der Waals surface area contributed by atoms with Crippen LogP contribution in [0.4, 0.5) is 10.1 Å². The van der Waals surface area contributed by atoms with Crippen LogP contribution in [0.2, 0.25) is 0 Å². The minimum Gasteiger partial charge on any atom is -0.321 e. The minimum atomic E-state index is -0.329. The van der Waals surface area contributed by atoms with Crippen LogP contribution in [0.1, 0.15) is 31.9 Å². The van der Waals surface area contributed by atoms with Gasteiger partial charge in [-0.15, -0.1) is 11.3 Å². The Kier molecular flexibility index (Phi) is 5.38. The molecule has 9 heteroatoms. The molecule has 1 N–H and O–H groups in total. The van der Waals surface area contributed by atoms with Crippen molar-refractivity contribution in [2.24, 2.45) is 5.10 Å². The van der Waals surface area contributed by atoms with Gasteiger partial charge in [0.15, 0.2) is 5.16 Å². The highest BCUT2D eigenvalue weighted by atomic mass is 32.2. The lowest BCUT2D eigenvalue weighted by Crippen LogP contribution is -2.25. The van der Waals surface area contributed by atoms with Gasteiger partial charge in [0.2, 0.25) is 0 Å². The first-order valence-corrected chi connectivity index (χ1v) is 12.0. The molecule has 1 aliphatic heterocycles. The lowest BCUT2D eigenvalue weighted by Gasteiger charge is -2.15. The van der Waals surface area contributed by atoms with Gasteiger partial charge in [-0.1, -0.05) is 41.6 Å². The molecule has 0 saturated heterocycles. The monoisotopic (exact) mass is 478 g/mol. The SMILES string of the molecule is Cc1ccc(NC(=O)c2sc3nc4n(c(=O)c3c2C)N=C(c2ccc(F)cc2)CS4)c(C)c1. The minimum absolute atomic E-state index is 0.270. The van der Waals surface area contributed by atoms with Gasteiger partial charge in [-0.05, 0) is 55.7 Å². The Morgan fingerprint density at radius 2 is 1.88 bits per heavy atom. The third-order valence-corrected chi connectivity index (χ3v) is 7.61. The highest BCUT2D eigenvalue weighted by molar-refractivity contribution is 7.99. The van der Waals surface area contributed by atoms with E-state index in [1.807, 2.05) is 32.0 Å². The van der Waals surface area contributed by atoms with E-state index in [2.05, 4.69) is 15.4 Å². The molecule has 0 radical (unpaired) electrons. The molecular formula is C24H19FN4O2S2. The molecular weight excluding hydrogens is 459 g/mol. The van der Waals surface area contributed by atoms with Crippen LogP contribution in [0.5, 0.6) is 0 Å². The number of thiophene rings is 1. The van der Waals surface area contributed by atoms with E-state index < -0.39 is 0 Å². The highest BCUT2D eigenvalue weighted by Gasteiger charge is 2.24. The number of carbonyl (C=O) groups excluding carboxylic acids is 1. The summed E-state index contributed by atoms with van der Waals surface area (Å²) in [6, 6.07) is 11.8. The van der Waals surface area contributed by atoms with Crippen LogP contribution in [0.15, 0.2) is 57.5 Å². The molecule has 0 atom stereocenters.